The average Bonchev–Trinajstić information content (AvgIpc) is 1.53. The number of carbonyl (C=O) groups is 1. The van der Waals surface area contributed by atoms with E-state index < -0.39 is 5.97 Å². The Hall–Kier alpha value is -16.3. The molecule has 12 aromatic carbocycles. The Balaban J connectivity index is 0.000000105. The lowest BCUT2D eigenvalue weighted by Gasteiger charge is -2.11. The van der Waals surface area contributed by atoms with E-state index in [1.165, 1.54) is 27.2 Å². The molecule has 27 rings (SSSR count). The summed E-state index contributed by atoms with van der Waals surface area (Å²) in [4.78, 5) is 58.4. The number of para-hydroxylation sites is 10. The molecule has 0 spiro atoms. The molecule has 0 aliphatic carbocycles. The molecule has 0 amide bonds. The molecule has 22 nitrogen and oxygen atoms in total. The normalized spacial score (nSPS) is 11.2. The molecule has 0 atom stereocenters. The summed E-state index contributed by atoms with van der Waals surface area (Å²) in [6, 6.07) is 115. The van der Waals surface area contributed by atoms with Gasteiger partial charge in [-0.05, 0) is 259 Å². The summed E-state index contributed by atoms with van der Waals surface area (Å²) >= 11 is 11.3. The van der Waals surface area contributed by atoms with Crippen molar-refractivity contribution in [2.75, 3.05) is 14.2 Å². The van der Waals surface area contributed by atoms with Crippen molar-refractivity contribution in [1.82, 2.24) is 77.2 Å². The molecule has 0 aliphatic heterocycles. The standard InChI is InChI=1S/C35H21N5O.C19H13N3O.C18H11N3O.C17H11BrN2.C14H12N2O.C5H3ClIN.C2H4O2.BrH/c1-3-10-29-24(8-1)25-16-14-23(21-32(25)39(29)33-13-5-6-18-36-33)41-22-15-17-26-27(20-22)34-31(12-7-19-37-34)40-30-11-4-2-9-28(30)38-35(26)40;1-23-12-8-9-13-14(11-12)18-17(7-4-10-20-18)22-16-6-3-2-5-15(16)21-19(13)22;22-11-7-8-12-13(10-11)17-16(6-3-9-19-17)21-15-5-2-1-4-14(15)20-18(12)21;18-12-8-9-14-13-5-1-2-6-15(13)20(16(14)11-12)17-7-3-4-10-19-17;1-17-11-8-6-10(7-9-11)14-15-12-4-2-3-5-13(12)16-14;6-5-4(7)2-1-3-8-5;1-2(3)4;/h1-21H;2-11H,1H3;1-10,22H;1-11H;2-9H,1H3,(H,15,16);1-3H;1H3,(H,3,4);1H. The highest BCUT2D eigenvalue weighted by Gasteiger charge is 2.22. The second-order valence-electron chi connectivity index (χ2n) is 31.4. The Morgan fingerprint density at radius 2 is 0.728 bits per heavy atom. The minimum Gasteiger partial charge on any atom is -0.508 e. The van der Waals surface area contributed by atoms with E-state index in [-0.39, 0.29) is 22.7 Å². The maximum Gasteiger partial charge on any atom is 0.300 e. The van der Waals surface area contributed by atoms with E-state index in [1.54, 1.807) is 38.7 Å². The van der Waals surface area contributed by atoms with Gasteiger partial charge in [-0.2, -0.15) is 0 Å². The predicted octanol–water partition coefficient (Wildman–Crippen LogP) is 27.8. The van der Waals surface area contributed by atoms with Gasteiger partial charge in [0.15, 0.2) is 0 Å². The summed E-state index contributed by atoms with van der Waals surface area (Å²) in [5, 5.41) is 28.7. The molecule has 0 unspecified atom stereocenters. The molecule has 3 N–H and O–H groups in total. The first-order valence-corrected chi connectivity index (χ1v) is 45.3. The number of fused-ring (bicyclic) bond motifs is 31. The van der Waals surface area contributed by atoms with Crippen LogP contribution in [0.5, 0.6) is 28.7 Å². The topological polar surface area (TPSA) is 253 Å². The fraction of sp³-hybridized carbons (Fsp3) is 0.0273. The number of H-pyrrole nitrogens is 1. The number of aliphatic carboxylic acids is 1. The number of aromatic nitrogens is 16. The van der Waals surface area contributed by atoms with Crippen LogP contribution < -0.4 is 14.2 Å². The van der Waals surface area contributed by atoms with E-state index in [0.29, 0.717) is 5.15 Å². The van der Waals surface area contributed by atoms with Crippen LogP contribution in [0.25, 0.3) is 193 Å². The van der Waals surface area contributed by atoms with Gasteiger partial charge in [-0.3, -0.25) is 42.1 Å². The number of aromatic amines is 1. The number of benzene rings is 12. The third-order valence-corrected chi connectivity index (χ3v) is 25.2. The number of methoxy groups -OCH3 is 2. The summed E-state index contributed by atoms with van der Waals surface area (Å²) < 4.78 is 30.0. The first-order valence-electron chi connectivity index (χ1n) is 43.0. The maximum absolute atomic E-state index is 9.85. The van der Waals surface area contributed by atoms with Crippen LogP contribution >= 0.6 is 67.1 Å². The van der Waals surface area contributed by atoms with Gasteiger partial charge in [-0.1, -0.05) is 131 Å². The molecule has 26 heteroatoms. The second kappa shape index (κ2) is 38.1. The van der Waals surface area contributed by atoms with Crippen molar-refractivity contribution >= 4 is 243 Å². The Labute approximate surface area is 812 Å². The second-order valence-corrected chi connectivity index (χ2v) is 33.8. The van der Waals surface area contributed by atoms with Crippen LogP contribution in [-0.4, -0.2) is 108 Å². The first-order chi connectivity index (χ1) is 66.3. The average molecular weight is 2040 g/mol. The fourth-order valence-corrected chi connectivity index (χ4v) is 18.2. The van der Waals surface area contributed by atoms with Crippen molar-refractivity contribution in [3.05, 3.63) is 396 Å². The van der Waals surface area contributed by atoms with Crippen LogP contribution in [0.2, 0.25) is 5.15 Å². The van der Waals surface area contributed by atoms with Crippen LogP contribution in [0.4, 0.5) is 0 Å². The predicted molar refractivity (Wildman–Crippen MR) is 563 cm³/mol. The molecule has 0 bridgehead atoms. The lowest BCUT2D eigenvalue weighted by molar-refractivity contribution is -0.134. The SMILES string of the molecule is Br.Brc1ccc2c3ccccc3n(-c3ccccn3)c2c1.CC(=O)O.COc1ccc(-c2nc3ccccc3[nH]2)cc1.COc1ccc2c(c1)c1ncccc1n1c3ccccc3nc21.Clc1ncccc1I.Oc1ccc2c(c1)c1ncccc1n1c3ccccc3nc21.c1ccc(-n2c3ccccc3c3ccc(Oc4ccc5c(c4)c4ncccc4n4c6ccccc6nc54)cc32)nc1. The van der Waals surface area contributed by atoms with Crippen molar-refractivity contribution in [2.24, 2.45) is 0 Å². The summed E-state index contributed by atoms with van der Waals surface area (Å²) in [6.07, 6.45) is 10.8. The molecule has 0 fully saturated rings. The molecule has 15 heterocycles. The number of hydrogen-bond acceptors (Lipinski definition) is 15. The fourth-order valence-electron chi connectivity index (χ4n) is 17.4. The molecule has 0 radical (unpaired) electrons. The highest BCUT2D eigenvalue weighted by Crippen LogP contribution is 2.41. The number of aromatic hydroxyl groups is 1. The summed E-state index contributed by atoms with van der Waals surface area (Å²) in [7, 11) is 3.34. The van der Waals surface area contributed by atoms with Gasteiger partial charge in [0.25, 0.3) is 5.97 Å². The Kier molecular flexibility index (Phi) is 24.6. The van der Waals surface area contributed by atoms with Crippen molar-refractivity contribution in [3.8, 4) is 51.8 Å². The van der Waals surface area contributed by atoms with E-state index in [0.717, 1.165) is 204 Å². The number of carboxylic acid groups (broad SMARTS) is 1. The zero-order valence-corrected chi connectivity index (χ0v) is 78.9. The van der Waals surface area contributed by atoms with Crippen molar-refractivity contribution in [2.45, 2.75) is 6.92 Å². The van der Waals surface area contributed by atoms with Gasteiger partial charge >= 0.3 is 0 Å². The molecule has 660 valence electrons. The van der Waals surface area contributed by atoms with Crippen LogP contribution in [0.15, 0.2) is 387 Å². The molecule has 0 saturated heterocycles. The van der Waals surface area contributed by atoms with Crippen molar-refractivity contribution < 1.29 is 29.2 Å². The van der Waals surface area contributed by atoms with Crippen LogP contribution in [0.1, 0.15) is 6.92 Å². The number of nitrogens with zero attached hydrogens (tertiary/aromatic N) is 15. The molecule has 0 saturated carbocycles. The number of phenols is 1. The van der Waals surface area contributed by atoms with Crippen molar-refractivity contribution in [3.63, 3.8) is 0 Å². The summed E-state index contributed by atoms with van der Waals surface area (Å²) in [5.74, 6) is 5.27. The number of nitrogens with one attached hydrogen (secondary N) is 1. The number of imidazole rings is 4. The highest BCUT2D eigenvalue weighted by molar-refractivity contribution is 14.1. The lowest BCUT2D eigenvalue weighted by atomic mass is 10.1. The maximum atomic E-state index is 9.85. The van der Waals surface area contributed by atoms with Gasteiger partial charge < -0.3 is 29.4 Å². The monoisotopic (exact) mass is 2040 g/mol. The molecular formula is C110H76Br2ClIN16O6. The van der Waals surface area contributed by atoms with Gasteiger partial charge in [-0.15, -0.1) is 17.0 Å². The molecule has 27 aromatic rings. The lowest BCUT2D eigenvalue weighted by Crippen LogP contribution is -1.96. The summed E-state index contributed by atoms with van der Waals surface area (Å²) in [5.41, 5.74) is 22.3. The van der Waals surface area contributed by atoms with E-state index in [4.69, 9.17) is 55.6 Å². The van der Waals surface area contributed by atoms with Gasteiger partial charge in [0.1, 0.15) is 68.3 Å². The summed E-state index contributed by atoms with van der Waals surface area (Å²) in [6.45, 7) is 1.08. The van der Waals surface area contributed by atoms with Gasteiger partial charge in [0, 0.05) is 114 Å². The van der Waals surface area contributed by atoms with Gasteiger partial charge in [0.05, 0.1) is 117 Å². The van der Waals surface area contributed by atoms with Crippen LogP contribution in [-0.2, 0) is 4.79 Å². The number of hydrogen-bond donors (Lipinski definition) is 3. The van der Waals surface area contributed by atoms with E-state index >= 15 is 0 Å². The third kappa shape index (κ3) is 16.8. The molecule has 15 aromatic heterocycles. The number of ether oxygens (including phenoxy) is 3. The number of phenolic OH excluding ortho intramolecular Hbond substituents is 1. The number of carboxylic acids is 1. The number of rotatable bonds is 7. The minimum absolute atomic E-state index is 0. The minimum atomic E-state index is -0.833. The Morgan fingerprint density at radius 3 is 1.20 bits per heavy atom. The van der Waals surface area contributed by atoms with E-state index in [2.05, 4.69) is 223 Å². The van der Waals surface area contributed by atoms with E-state index in [9.17, 15) is 5.11 Å². The third-order valence-electron chi connectivity index (χ3n) is 23.2. The molecular weight excluding hydrogens is 1960 g/mol. The van der Waals surface area contributed by atoms with Crippen molar-refractivity contribution in [1.29, 1.82) is 0 Å². The molecule has 0 aliphatic rings. The number of pyridine rings is 9. The zero-order chi connectivity index (χ0) is 91.7. The Bertz CT molecular complexity index is 9180. The zero-order valence-electron chi connectivity index (χ0n) is 72.7. The van der Waals surface area contributed by atoms with E-state index in [1.807, 2.05) is 231 Å². The quantitative estimate of drug-likeness (QED) is 0.0762. The largest absolute Gasteiger partial charge is 0.508 e. The first kappa shape index (κ1) is 87.6. The Morgan fingerprint density at radius 1 is 0.353 bits per heavy atom. The number of halogens is 4. The smallest absolute Gasteiger partial charge is 0.300 e. The van der Waals surface area contributed by atoms with Crippen LogP contribution in [0.3, 0.4) is 0 Å². The van der Waals surface area contributed by atoms with Gasteiger partial charge in [0.2, 0.25) is 0 Å². The van der Waals surface area contributed by atoms with Gasteiger partial charge in [-0.25, -0.2) is 34.9 Å². The highest BCUT2D eigenvalue weighted by atomic mass is 127. The van der Waals surface area contributed by atoms with Crippen LogP contribution in [0, 0.1) is 3.57 Å². The molecule has 136 heavy (non-hydrogen) atoms.